The van der Waals surface area contributed by atoms with Crippen LogP contribution < -0.4 is 0 Å². The molecule has 0 radical (unpaired) electrons. The largest absolute Gasteiger partial charge is 0.390 e. The van der Waals surface area contributed by atoms with Crippen molar-refractivity contribution in [3.63, 3.8) is 0 Å². The van der Waals surface area contributed by atoms with Crippen molar-refractivity contribution >= 4 is 11.6 Å². The summed E-state index contributed by atoms with van der Waals surface area (Å²) in [5.74, 6) is 0.555. The van der Waals surface area contributed by atoms with Gasteiger partial charge in [0.05, 0.1) is 10.6 Å². The standard InChI is InChI=1S/C15H22ClNO/c1-11-6-14(2,3)10-15(18,7-11)8-12-4-5-17-9-13(12)16/h4-5,9,11,18H,6-8,10H2,1-3H3. The van der Waals surface area contributed by atoms with Gasteiger partial charge in [-0.2, -0.15) is 0 Å². The van der Waals surface area contributed by atoms with Crippen LogP contribution in [0.1, 0.15) is 45.6 Å². The first-order valence-corrected chi connectivity index (χ1v) is 6.98. The number of pyridine rings is 1. The molecule has 100 valence electrons. The maximum atomic E-state index is 10.9. The van der Waals surface area contributed by atoms with E-state index in [1.54, 1.807) is 12.4 Å². The molecule has 0 aliphatic heterocycles. The van der Waals surface area contributed by atoms with E-state index >= 15 is 0 Å². The molecule has 0 aromatic carbocycles. The van der Waals surface area contributed by atoms with Gasteiger partial charge in [-0.3, -0.25) is 4.98 Å². The Bertz CT molecular complexity index is 432. The van der Waals surface area contributed by atoms with Crippen molar-refractivity contribution in [3.05, 3.63) is 29.0 Å². The first kappa shape index (κ1) is 13.8. The van der Waals surface area contributed by atoms with E-state index in [9.17, 15) is 5.11 Å². The van der Waals surface area contributed by atoms with Crippen LogP contribution in [0.15, 0.2) is 18.5 Å². The first-order valence-electron chi connectivity index (χ1n) is 6.60. The highest BCUT2D eigenvalue weighted by Gasteiger charge is 2.41. The molecule has 1 aromatic rings. The average Bonchev–Trinajstić information content (AvgIpc) is 2.17. The fourth-order valence-electron chi connectivity index (χ4n) is 3.74. The van der Waals surface area contributed by atoms with Crippen molar-refractivity contribution in [1.29, 1.82) is 0 Å². The van der Waals surface area contributed by atoms with Gasteiger partial charge in [0, 0.05) is 18.8 Å². The van der Waals surface area contributed by atoms with E-state index in [4.69, 9.17) is 11.6 Å². The van der Waals surface area contributed by atoms with E-state index < -0.39 is 5.60 Å². The summed E-state index contributed by atoms with van der Waals surface area (Å²) < 4.78 is 0. The maximum Gasteiger partial charge on any atom is 0.0696 e. The predicted molar refractivity (Wildman–Crippen MR) is 74.7 cm³/mol. The maximum absolute atomic E-state index is 10.9. The summed E-state index contributed by atoms with van der Waals surface area (Å²) >= 11 is 6.14. The minimum atomic E-state index is -0.633. The zero-order chi connectivity index (χ0) is 13.4. The van der Waals surface area contributed by atoms with E-state index in [0.29, 0.717) is 17.4 Å². The highest BCUT2D eigenvalue weighted by molar-refractivity contribution is 6.31. The van der Waals surface area contributed by atoms with Crippen LogP contribution in [0.3, 0.4) is 0 Å². The summed E-state index contributed by atoms with van der Waals surface area (Å²) in [5, 5.41) is 11.5. The summed E-state index contributed by atoms with van der Waals surface area (Å²) in [7, 11) is 0. The lowest BCUT2D eigenvalue weighted by Gasteiger charge is -2.45. The number of hydrogen-bond acceptors (Lipinski definition) is 2. The molecule has 1 aliphatic rings. The average molecular weight is 268 g/mol. The molecule has 2 rings (SSSR count). The molecule has 2 unspecified atom stereocenters. The Morgan fingerprint density at radius 2 is 2.17 bits per heavy atom. The Kier molecular flexibility index (Phi) is 3.70. The minimum Gasteiger partial charge on any atom is -0.390 e. The Hall–Kier alpha value is -0.600. The lowest BCUT2D eigenvalue weighted by molar-refractivity contribution is -0.0574. The molecule has 1 N–H and O–H groups in total. The molecule has 1 saturated carbocycles. The molecule has 1 aliphatic carbocycles. The predicted octanol–water partition coefficient (Wildman–Crippen LogP) is 3.85. The summed E-state index contributed by atoms with van der Waals surface area (Å²) in [6, 6.07) is 1.91. The Morgan fingerprint density at radius 1 is 1.44 bits per heavy atom. The molecule has 2 atom stereocenters. The van der Waals surface area contributed by atoms with Crippen LogP contribution in [-0.4, -0.2) is 15.7 Å². The quantitative estimate of drug-likeness (QED) is 0.883. The molecule has 0 amide bonds. The van der Waals surface area contributed by atoms with Crippen molar-refractivity contribution in [2.75, 3.05) is 0 Å². The zero-order valence-electron chi connectivity index (χ0n) is 11.4. The number of halogens is 1. The lowest BCUT2D eigenvalue weighted by Crippen LogP contribution is -2.43. The van der Waals surface area contributed by atoms with Crippen LogP contribution in [0.5, 0.6) is 0 Å². The highest BCUT2D eigenvalue weighted by atomic mass is 35.5. The van der Waals surface area contributed by atoms with Crippen molar-refractivity contribution in [3.8, 4) is 0 Å². The van der Waals surface area contributed by atoms with E-state index in [1.807, 2.05) is 6.07 Å². The number of aromatic nitrogens is 1. The van der Waals surface area contributed by atoms with Gasteiger partial charge in [0.25, 0.3) is 0 Å². The SMILES string of the molecule is CC1CC(C)(C)CC(O)(Cc2ccncc2Cl)C1. The van der Waals surface area contributed by atoms with Crippen LogP contribution in [-0.2, 0) is 6.42 Å². The van der Waals surface area contributed by atoms with Gasteiger partial charge >= 0.3 is 0 Å². The van der Waals surface area contributed by atoms with Crippen molar-refractivity contribution in [1.82, 2.24) is 4.98 Å². The van der Waals surface area contributed by atoms with Crippen LogP contribution >= 0.6 is 11.6 Å². The second kappa shape index (κ2) is 4.82. The summed E-state index contributed by atoms with van der Waals surface area (Å²) in [4.78, 5) is 3.99. The molecular weight excluding hydrogens is 246 g/mol. The first-order chi connectivity index (χ1) is 8.30. The van der Waals surface area contributed by atoms with Crippen LogP contribution in [0, 0.1) is 11.3 Å². The van der Waals surface area contributed by atoms with Crippen LogP contribution in [0.4, 0.5) is 0 Å². The minimum absolute atomic E-state index is 0.200. The molecule has 3 heteroatoms. The molecule has 0 spiro atoms. The Morgan fingerprint density at radius 3 is 2.78 bits per heavy atom. The van der Waals surface area contributed by atoms with Gasteiger partial charge in [-0.15, -0.1) is 0 Å². The molecule has 1 fully saturated rings. The van der Waals surface area contributed by atoms with Crippen molar-refractivity contribution < 1.29 is 5.11 Å². The number of hydrogen-bond donors (Lipinski definition) is 1. The third kappa shape index (κ3) is 3.24. The van der Waals surface area contributed by atoms with E-state index in [2.05, 4.69) is 25.8 Å². The molecule has 2 nitrogen and oxygen atoms in total. The van der Waals surface area contributed by atoms with Crippen LogP contribution in [0.2, 0.25) is 5.02 Å². The topological polar surface area (TPSA) is 33.1 Å². The third-order valence-electron chi connectivity index (χ3n) is 3.81. The second-order valence-electron chi connectivity index (χ2n) is 6.72. The molecule has 18 heavy (non-hydrogen) atoms. The molecule has 1 heterocycles. The summed E-state index contributed by atoms with van der Waals surface area (Å²) in [6.45, 7) is 6.70. The fourth-order valence-corrected chi connectivity index (χ4v) is 3.92. The van der Waals surface area contributed by atoms with E-state index in [1.165, 1.54) is 6.42 Å². The van der Waals surface area contributed by atoms with Gasteiger partial charge in [-0.05, 0) is 42.2 Å². The number of nitrogens with zero attached hydrogens (tertiary/aromatic N) is 1. The van der Waals surface area contributed by atoms with Gasteiger partial charge < -0.3 is 5.11 Å². The lowest BCUT2D eigenvalue weighted by atomic mass is 9.64. The summed E-state index contributed by atoms with van der Waals surface area (Å²) in [5.41, 5.74) is 0.567. The van der Waals surface area contributed by atoms with Gasteiger partial charge in [0.2, 0.25) is 0 Å². The van der Waals surface area contributed by atoms with Gasteiger partial charge in [-0.1, -0.05) is 32.4 Å². The van der Waals surface area contributed by atoms with Gasteiger partial charge in [0.1, 0.15) is 0 Å². The Balaban J connectivity index is 2.19. The number of rotatable bonds is 2. The fraction of sp³-hybridized carbons (Fsp3) is 0.667. The van der Waals surface area contributed by atoms with Crippen molar-refractivity contribution in [2.45, 2.75) is 52.1 Å². The van der Waals surface area contributed by atoms with Crippen LogP contribution in [0.25, 0.3) is 0 Å². The zero-order valence-corrected chi connectivity index (χ0v) is 12.2. The van der Waals surface area contributed by atoms with E-state index in [-0.39, 0.29) is 5.41 Å². The third-order valence-corrected chi connectivity index (χ3v) is 4.15. The van der Waals surface area contributed by atoms with Crippen molar-refractivity contribution in [2.24, 2.45) is 11.3 Å². The Labute approximate surface area is 114 Å². The van der Waals surface area contributed by atoms with Gasteiger partial charge in [0.15, 0.2) is 0 Å². The molecule has 1 aromatic heterocycles. The number of aliphatic hydroxyl groups is 1. The monoisotopic (exact) mass is 267 g/mol. The molecule has 0 bridgehead atoms. The summed E-state index contributed by atoms with van der Waals surface area (Å²) in [6.07, 6.45) is 6.89. The smallest absolute Gasteiger partial charge is 0.0696 e. The van der Waals surface area contributed by atoms with E-state index in [0.717, 1.165) is 18.4 Å². The second-order valence-corrected chi connectivity index (χ2v) is 7.13. The van der Waals surface area contributed by atoms with Gasteiger partial charge in [-0.25, -0.2) is 0 Å². The normalized spacial score (nSPS) is 31.3. The highest BCUT2D eigenvalue weighted by Crippen LogP contribution is 2.45. The molecular formula is C15H22ClNO. The molecule has 0 saturated heterocycles.